The highest BCUT2D eigenvalue weighted by Gasteiger charge is 2.23. The Morgan fingerprint density at radius 3 is 3.00 bits per heavy atom. The number of aromatic nitrogens is 1. The summed E-state index contributed by atoms with van der Waals surface area (Å²) in [6.45, 7) is 6.77. The summed E-state index contributed by atoms with van der Waals surface area (Å²) >= 11 is 0. The number of nitrogens with zero attached hydrogens (tertiary/aromatic N) is 2. The highest BCUT2D eigenvalue weighted by molar-refractivity contribution is 6.06. The summed E-state index contributed by atoms with van der Waals surface area (Å²) in [6, 6.07) is 0. The van der Waals surface area contributed by atoms with Gasteiger partial charge >= 0.3 is 0 Å². The minimum Gasteiger partial charge on any atom is -0.382 e. The molecule has 1 aliphatic heterocycles. The molecule has 6 nitrogen and oxygen atoms in total. The molecule has 1 atom stereocenters. The Balaban J connectivity index is 2.37. The number of ether oxygens (including phenoxy) is 1. The van der Waals surface area contributed by atoms with Crippen molar-refractivity contribution in [2.75, 3.05) is 33.4 Å². The average molecular weight is 344 g/mol. The Hall–Kier alpha value is -2.05. The number of aliphatic imine (C=N–C) groups is 2. The van der Waals surface area contributed by atoms with Crippen LogP contribution in [0, 0.1) is 6.92 Å². The highest BCUT2D eigenvalue weighted by atomic mass is 16.5. The molecule has 1 aromatic rings. The van der Waals surface area contributed by atoms with Gasteiger partial charge < -0.3 is 15.0 Å². The van der Waals surface area contributed by atoms with E-state index < -0.39 is 0 Å². The topological polar surface area (TPSA) is 78.8 Å². The van der Waals surface area contributed by atoms with Crippen molar-refractivity contribution in [3.05, 3.63) is 34.7 Å². The number of rotatable bonds is 9. The molecule has 0 aliphatic carbocycles. The van der Waals surface area contributed by atoms with Crippen LogP contribution in [0.5, 0.6) is 0 Å². The van der Waals surface area contributed by atoms with E-state index in [4.69, 9.17) is 4.74 Å². The summed E-state index contributed by atoms with van der Waals surface area (Å²) in [7, 11) is 1.92. The number of allylic oxidation sites excluding steroid dienone is 1. The fourth-order valence-corrected chi connectivity index (χ4v) is 3.07. The van der Waals surface area contributed by atoms with E-state index in [0.717, 1.165) is 53.9 Å². The Morgan fingerprint density at radius 2 is 2.28 bits per heavy atom. The summed E-state index contributed by atoms with van der Waals surface area (Å²) in [4.78, 5) is 23.9. The van der Waals surface area contributed by atoms with Gasteiger partial charge in [0.25, 0.3) is 0 Å². The van der Waals surface area contributed by atoms with Gasteiger partial charge in [-0.25, -0.2) is 4.99 Å². The predicted molar refractivity (Wildman–Crippen MR) is 102 cm³/mol. The lowest BCUT2D eigenvalue weighted by Crippen LogP contribution is -2.20. The van der Waals surface area contributed by atoms with Gasteiger partial charge in [0.15, 0.2) is 6.29 Å². The molecule has 0 saturated heterocycles. The molecule has 0 saturated carbocycles. The number of hydrogen-bond acceptors (Lipinski definition) is 5. The van der Waals surface area contributed by atoms with E-state index in [1.54, 1.807) is 6.34 Å². The zero-order valence-corrected chi connectivity index (χ0v) is 15.3. The van der Waals surface area contributed by atoms with Gasteiger partial charge in [-0.1, -0.05) is 12.2 Å². The number of likely N-dealkylation sites (N-methyl/N-ethyl adjacent to an activating group) is 1. The molecule has 25 heavy (non-hydrogen) atoms. The highest BCUT2D eigenvalue weighted by Crippen LogP contribution is 2.27. The van der Waals surface area contributed by atoms with Gasteiger partial charge in [0.05, 0.1) is 18.0 Å². The number of aldehydes is 1. The Kier molecular flexibility index (Phi) is 7.76. The van der Waals surface area contributed by atoms with Gasteiger partial charge in [-0.2, -0.15) is 0 Å². The van der Waals surface area contributed by atoms with Crippen molar-refractivity contribution in [2.45, 2.75) is 32.6 Å². The standard InChI is InChI=1S/C19H28N4O2/c1-4-25-10-8-15(11-20-3)19-16(12-24)14(2)18(23-19)17-7-5-6-9-21-13-22-17/h5-6,12-13,15,20,23H,4,7-11H2,1-3H3/b6-5-,21-13?,22-17?. The summed E-state index contributed by atoms with van der Waals surface area (Å²) in [5.41, 5.74) is 4.47. The third kappa shape index (κ3) is 4.96. The van der Waals surface area contributed by atoms with Crippen LogP contribution in [0.2, 0.25) is 0 Å². The third-order valence-electron chi connectivity index (χ3n) is 4.39. The van der Waals surface area contributed by atoms with Gasteiger partial charge in [-0.05, 0) is 32.9 Å². The maximum absolute atomic E-state index is 11.8. The molecule has 6 heteroatoms. The second-order valence-corrected chi connectivity index (χ2v) is 6.04. The SMILES string of the molecule is CCOCCC(CNC)c1[nH]c(C2=NC=NC/C=C\C2)c(C)c1C=O. The molecule has 1 aromatic heterocycles. The molecule has 0 amide bonds. The maximum Gasteiger partial charge on any atom is 0.152 e. The van der Waals surface area contributed by atoms with Gasteiger partial charge in [0, 0.05) is 43.4 Å². The molecule has 2 rings (SSSR count). The molecular formula is C19H28N4O2. The zero-order chi connectivity index (χ0) is 18.1. The minimum absolute atomic E-state index is 0.183. The van der Waals surface area contributed by atoms with Crippen molar-refractivity contribution in [3.8, 4) is 0 Å². The molecule has 0 aromatic carbocycles. The van der Waals surface area contributed by atoms with Gasteiger partial charge in [0.1, 0.15) is 6.34 Å². The van der Waals surface area contributed by atoms with Crippen molar-refractivity contribution in [1.82, 2.24) is 10.3 Å². The van der Waals surface area contributed by atoms with Crippen LogP contribution in [0.1, 0.15) is 53.0 Å². The third-order valence-corrected chi connectivity index (χ3v) is 4.39. The Morgan fingerprint density at radius 1 is 1.44 bits per heavy atom. The van der Waals surface area contributed by atoms with Crippen molar-refractivity contribution in [1.29, 1.82) is 0 Å². The Bertz CT molecular complexity index is 659. The fourth-order valence-electron chi connectivity index (χ4n) is 3.07. The molecule has 1 unspecified atom stereocenters. The molecular weight excluding hydrogens is 316 g/mol. The first-order chi connectivity index (χ1) is 12.2. The molecule has 0 spiro atoms. The molecule has 0 radical (unpaired) electrons. The Labute approximate surface area is 149 Å². The van der Waals surface area contributed by atoms with Crippen LogP contribution >= 0.6 is 0 Å². The van der Waals surface area contributed by atoms with Crippen molar-refractivity contribution < 1.29 is 9.53 Å². The first-order valence-electron chi connectivity index (χ1n) is 8.83. The van der Waals surface area contributed by atoms with Crippen LogP contribution in [0.15, 0.2) is 22.1 Å². The number of hydrogen-bond donors (Lipinski definition) is 2. The van der Waals surface area contributed by atoms with Crippen LogP contribution in [0.3, 0.4) is 0 Å². The summed E-state index contributed by atoms with van der Waals surface area (Å²) in [5, 5.41) is 3.22. The normalized spacial score (nSPS) is 16.8. The molecule has 0 fully saturated rings. The number of H-pyrrole nitrogens is 1. The number of aromatic amines is 1. The van der Waals surface area contributed by atoms with Crippen LogP contribution < -0.4 is 5.32 Å². The van der Waals surface area contributed by atoms with Crippen LogP contribution in [0.4, 0.5) is 0 Å². The monoisotopic (exact) mass is 344 g/mol. The van der Waals surface area contributed by atoms with Crippen LogP contribution in [-0.4, -0.2) is 56.7 Å². The van der Waals surface area contributed by atoms with E-state index in [0.29, 0.717) is 19.8 Å². The largest absolute Gasteiger partial charge is 0.382 e. The molecule has 136 valence electrons. The lowest BCUT2D eigenvalue weighted by molar-refractivity contribution is 0.112. The zero-order valence-electron chi connectivity index (χ0n) is 15.3. The van der Waals surface area contributed by atoms with Gasteiger partial charge in [-0.15, -0.1) is 0 Å². The maximum atomic E-state index is 11.8. The van der Waals surface area contributed by atoms with Gasteiger partial charge in [-0.3, -0.25) is 9.79 Å². The first kappa shape index (κ1) is 19.3. The predicted octanol–water partition coefficient (Wildman–Crippen LogP) is 2.64. The molecule has 1 aliphatic rings. The van der Waals surface area contributed by atoms with Gasteiger partial charge in [0.2, 0.25) is 0 Å². The van der Waals surface area contributed by atoms with Crippen LogP contribution in [0.25, 0.3) is 0 Å². The lowest BCUT2D eigenvalue weighted by atomic mass is 9.97. The summed E-state index contributed by atoms with van der Waals surface area (Å²) in [6.07, 6.45) is 8.21. The van der Waals surface area contributed by atoms with E-state index in [-0.39, 0.29) is 5.92 Å². The molecule has 2 heterocycles. The van der Waals surface area contributed by atoms with E-state index >= 15 is 0 Å². The lowest BCUT2D eigenvalue weighted by Gasteiger charge is -2.16. The van der Waals surface area contributed by atoms with E-state index in [1.807, 2.05) is 27.0 Å². The van der Waals surface area contributed by atoms with Crippen molar-refractivity contribution in [3.63, 3.8) is 0 Å². The quantitative estimate of drug-likeness (QED) is 0.411. The average Bonchev–Trinajstić information content (AvgIpc) is 2.90. The van der Waals surface area contributed by atoms with Crippen molar-refractivity contribution >= 4 is 18.3 Å². The minimum atomic E-state index is 0.183. The number of carbonyl (C=O) groups is 1. The summed E-state index contributed by atoms with van der Waals surface area (Å²) in [5.74, 6) is 0.183. The first-order valence-corrected chi connectivity index (χ1v) is 8.83. The second kappa shape index (κ2) is 10.1. The fraction of sp³-hybridized carbons (Fsp3) is 0.526. The number of nitrogens with one attached hydrogen (secondary N) is 2. The molecule has 0 bridgehead atoms. The second-order valence-electron chi connectivity index (χ2n) is 6.04. The summed E-state index contributed by atoms with van der Waals surface area (Å²) < 4.78 is 5.51. The number of carbonyl (C=O) groups excluding carboxylic acids is 1. The van der Waals surface area contributed by atoms with E-state index in [2.05, 4.69) is 26.4 Å². The van der Waals surface area contributed by atoms with E-state index in [1.165, 1.54) is 0 Å². The van der Waals surface area contributed by atoms with Crippen LogP contribution in [-0.2, 0) is 4.74 Å². The van der Waals surface area contributed by atoms with E-state index in [9.17, 15) is 4.79 Å². The van der Waals surface area contributed by atoms with Crippen molar-refractivity contribution in [2.24, 2.45) is 9.98 Å². The smallest absolute Gasteiger partial charge is 0.152 e. The molecule has 2 N–H and O–H groups in total.